The summed E-state index contributed by atoms with van der Waals surface area (Å²) in [7, 11) is 0. The highest BCUT2D eigenvalue weighted by Crippen LogP contribution is 2.38. The average molecular weight is 272 g/mol. The molecule has 2 aliphatic rings. The van der Waals surface area contributed by atoms with Crippen LogP contribution in [-0.4, -0.2) is 43.3 Å². The number of nitrogens with two attached hydrogens (primary N) is 1. The first-order chi connectivity index (χ1) is 9.76. The van der Waals surface area contributed by atoms with Crippen LogP contribution in [0.4, 0.5) is 5.95 Å². The van der Waals surface area contributed by atoms with Gasteiger partial charge in [-0.2, -0.15) is 0 Å². The number of hydrogen-bond donors (Lipinski definition) is 3. The Hall–Kier alpha value is -1.99. The van der Waals surface area contributed by atoms with E-state index in [1.807, 2.05) is 10.8 Å². The zero-order valence-corrected chi connectivity index (χ0v) is 10.9. The second kappa shape index (κ2) is 4.26. The molecule has 2 aromatic heterocycles. The van der Waals surface area contributed by atoms with Gasteiger partial charge in [0.05, 0.1) is 6.20 Å². The highest BCUT2D eigenvalue weighted by atomic mass is 16.3. The number of nitrogens with zero attached hydrogens (tertiary/aromatic N) is 4. The van der Waals surface area contributed by atoms with E-state index in [2.05, 4.69) is 20.3 Å². The van der Waals surface area contributed by atoms with Gasteiger partial charge in [-0.05, 0) is 18.4 Å². The minimum Gasteiger partial charge on any atom is -0.396 e. The quantitative estimate of drug-likeness (QED) is 0.734. The first kappa shape index (κ1) is 11.8. The molecule has 3 atom stereocenters. The number of rotatable bonds is 4. The van der Waals surface area contributed by atoms with Gasteiger partial charge in [-0.3, -0.25) is 4.57 Å². The highest BCUT2D eigenvalue weighted by molar-refractivity contribution is 5.77. The van der Waals surface area contributed by atoms with Gasteiger partial charge in [-0.1, -0.05) is 0 Å². The third kappa shape index (κ3) is 1.95. The van der Waals surface area contributed by atoms with Gasteiger partial charge in [0.2, 0.25) is 5.95 Å². The second-order valence-corrected chi connectivity index (χ2v) is 5.48. The minimum atomic E-state index is 0.198. The number of aromatic nitrogens is 4. The normalized spacial score (nSPS) is 29.9. The van der Waals surface area contributed by atoms with Crippen LogP contribution in [0.25, 0.3) is 17.4 Å². The Balaban J connectivity index is 1.75. The van der Waals surface area contributed by atoms with Gasteiger partial charge >= 0.3 is 0 Å². The van der Waals surface area contributed by atoms with Crippen molar-refractivity contribution in [2.75, 3.05) is 11.9 Å². The van der Waals surface area contributed by atoms with Crippen LogP contribution in [0.2, 0.25) is 0 Å². The molecule has 2 fully saturated rings. The van der Waals surface area contributed by atoms with Gasteiger partial charge < -0.3 is 16.2 Å². The lowest BCUT2D eigenvalue weighted by Gasteiger charge is -2.05. The van der Waals surface area contributed by atoms with E-state index < -0.39 is 0 Å². The Morgan fingerprint density at radius 2 is 2.40 bits per heavy atom. The van der Waals surface area contributed by atoms with Crippen LogP contribution in [0.15, 0.2) is 18.1 Å². The SMILES string of the molecule is NC1CC1Nc1nc2cncnc2n1C=C1CC1CO. The first-order valence-electron chi connectivity index (χ1n) is 6.77. The molecule has 7 nitrogen and oxygen atoms in total. The Bertz CT molecular complexity index is 693. The molecule has 104 valence electrons. The second-order valence-electron chi connectivity index (χ2n) is 5.48. The number of hydrogen-bond acceptors (Lipinski definition) is 6. The Morgan fingerprint density at radius 1 is 1.55 bits per heavy atom. The van der Waals surface area contributed by atoms with Gasteiger partial charge in [-0.15, -0.1) is 0 Å². The predicted octanol–water partition coefficient (Wildman–Crippen LogP) is 0.191. The van der Waals surface area contributed by atoms with Crippen molar-refractivity contribution in [1.82, 2.24) is 19.5 Å². The molecule has 0 saturated heterocycles. The number of aliphatic hydroxyl groups excluding tert-OH is 1. The number of aliphatic hydroxyl groups is 1. The van der Waals surface area contributed by atoms with E-state index in [9.17, 15) is 0 Å². The molecule has 2 aromatic rings. The van der Waals surface area contributed by atoms with Crippen LogP contribution >= 0.6 is 0 Å². The number of anilines is 1. The number of fused-ring (bicyclic) bond motifs is 1. The van der Waals surface area contributed by atoms with Crippen molar-refractivity contribution in [2.45, 2.75) is 24.9 Å². The van der Waals surface area contributed by atoms with E-state index in [1.165, 1.54) is 11.9 Å². The predicted molar refractivity (Wildman–Crippen MR) is 74.8 cm³/mol. The molecule has 0 bridgehead atoms. The average Bonchev–Trinajstić information content (AvgIpc) is 3.32. The van der Waals surface area contributed by atoms with Gasteiger partial charge in [-0.25, -0.2) is 15.0 Å². The van der Waals surface area contributed by atoms with Gasteiger partial charge in [0, 0.05) is 30.8 Å². The van der Waals surface area contributed by atoms with Crippen LogP contribution in [0.5, 0.6) is 0 Å². The third-order valence-electron chi connectivity index (χ3n) is 3.87. The molecule has 2 saturated carbocycles. The Labute approximate surface area is 115 Å². The van der Waals surface area contributed by atoms with E-state index in [1.54, 1.807) is 6.20 Å². The standard InChI is InChI=1S/C13H16N6O/c14-9-2-10(9)17-13-18-11-3-15-6-16-12(11)19(13)4-7-1-8(7)5-20/h3-4,6,8-10,20H,1-2,5,14H2,(H,17,18). The number of imidazole rings is 1. The lowest BCUT2D eigenvalue weighted by molar-refractivity contribution is 0.281. The molecule has 4 N–H and O–H groups in total. The smallest absolute Gasteiger partial charge is 0.209 e. The molecule has 0 spiro atoms. The van der Waals surface area contributed by atoms with Crippen LogP contribution < -0.4 is 11.1 Å². The van der Waals surface area contributed by atoms with E-state index in [0.717, 1.165) is 30.0 Å². The molecule has 0 radical (unpaired) electrons. The zero-order chi connectivity index (χ0) is 13.7. The monoisotopic (exact) mass is 272 g/mol. The van der Waals surface area contributed by atoms with Crippen LogP contribution in [0, 0.1) is 5.92 Å². The van der Waals surface area contributed by atoms with E-state index >= 15 is 0 Å². The molecule has 4 rings (SSSR count). The summed E-state index contributed by atoms with van der Waals surface area (Å²) in [5.74, 6) is 1.03. The van der Waals surface area contributed by atoms with Crippen molar-refractivity contribution >= 4 is 23.3 Å². The summed E-state index contributed by atoms with van der Waals surface area (Å²) in [5.41, 5.74) is 8.58. The molecule has 2 aliphatic carbocycles. The summed E-state index contributed by atoms with van der Waals surface area (Å²) >= 11 is 0. The first-order valence-corrected chi connectivity index (χ1v) is 6.77. The lowest BCUT2D eigenvalue weighted by atomic mass is 10.4. The Morgan fingerprint density at radius 3 is 3.10 bits per heavy atom. The topological polar surface area (TPSA) is 102 Å². The van der Waals surface area contributed by atoms with Crippen LogP contribution in [-0.2, 0) is 0 Å². The largest absolute Gasteiger partial charge is 0.396 e. The fourth-order valence-corrected chi connectivity index (χ4v) is 2.35. The molecule has 7 heteroatoms. The van der Waals surface area contributed by atoms with E-state index in [-0.39, 0.29) is 24.6 Å². The van der Waals surface area contributed by atoms with Gasteiger partial charge in [0.15, 0.2) is 5.65 Å². The van der Waals surface area contributed by atoms with E-state index in [0.29, 0.717) is 0 Å². The van der Waals surface area contributed by atoms with Crippen molar-refractivity contribution < 1.29 is 5.11 Å². The highest BCUT2D eigenvalue weighted by Gasteiger charge is 2.35. The maximum Gasteiger partial charge on any atom is 0.209 e. The molecule has 3 unspecified atom stereocenters. The molecule has 2 heterocycles. The molecular formula is C13H16N6O. The maximum absolute atomic E-state index is 9.15. The van der Waals surface area contributed by atoms with Gasteiger partial charge in [0.1, 0.15) is 11.8 Å². The lowest BCUT2D eigenvalue weighted by Crippen LogP contribution is -2.15. The molecule has 0 aromatic carbocycles. The van der Waals surface area contributed by atoms with Crippen LogP contribution in [0.3, 0.4) is 0 Å². The molecular weight excluding hydrogens is 256 g/mol. The van der Waals surface area contributed by atoms with E-state index in [4.69, 9.17) is 10.8 Å². The maximum atomic E-state index is 9.15. The van der Waals surface area contributed by atoms with Crippen molar-refractivity contribution in [1.29, 1.82) is 0 Å². The van der Waals surface area contributed by atoms with Gasteiger partial charge in [0.25, 0.3) is 0 Å². The van der Waals surface area contributed by atoms with Crippen LogP contribution in [0.1, 0.15) is 12.8 Å². The molecule has 20 heavy (non-hydrogen) atoms. The van der Waals surface area contributed by atoms with Crippen molar-refractivity contribution in [3.63, 3.8) is 0 Å². The summed E-state index contributed by atoms with van der Waals surface area (Å²) in [6.45, 7) is 0.198. The minimum absolute atomic E-state index is 0.198. The summed E-state index contributed by atoms with van der Waals surface area (Å²) < 4.78 is 1.94. The molecule has 0 amide bonds. The number of nitrogens with one attached hydrogen (secondary N) is 1. The zero-order valence-electron chi connectivity index (χ0n) is 10.9. The molecule has 0 aliphatic heterocycles. The summed E-state index contributed by atoms with van der Waals surface area (Å²) in [4.78, 5) is 12.8. The summed E-state index contributed by atoms with van der Waals surface area (Å²) in [6, 6.07) is 0.484. The van der Waals surface area contributed by atoms with Crippen molar-refractivity contribution in [3.05, 3.63) is 18.1 Å². The van der Waals surface area contributed by atoms with Crippen molar-refractivity contribution in [3.8, 4) is 0 Å². The Kier molecular flexibility index (Phi) is 2.51. The fourth-order valence-electron chi connectivity index (χ4n) is 2.35. The summed E-state index contributed by atoms with van der Waals surface area (Å²) in [6.07, 6.45) is 7.13. The fraction of sp³-hybridized carbons (Fsp3) is 0.462. The summed E-state index contributed by atoms with van der Waals surface area (Å²) in [5, 5.41) is 12.5. The van der Waals surface area contributed by atoms with Crippen molar-refractivity contribution in [2.24, 2.45) is 11.7 Å². The third-order valence-corrected chi connectivity index (χ3v) is 3.87.